The smallest absolute Gasteiger partial charge is 0.139 e. The van der Waals surface area contributed by atoms with Gasteiger partial charge in [0.2, 0.25) is 0 Å². The third kappa shape index (κ3) is 2.94. The molecule has 0 saturated carbocycles. The highest BCUT2D eigenvalue weighted by Crippen LogP contribution is 2.34. The first-order valence-electron chi connectivity index (χ1n) is 6.58. The molecule has 19 heavy (non-hydrogen) atoms. The number of furan rings is 1. The van der Waals surface area contributed by atoms with Crippen molar-refractivity contribution in [2.45, 2.75) is 33.4 Å². The Bertz CT molecular complexity index is 563. The van der Waals surface area contributed by atoms with Crippen molar-refractivity contribution in [3.8, 4) is 0 Å². The monoisotopic (exact) mass is 281 g/mol. The van der Waals surface area contributed by atoms with E-state index in [1.165, 1.54) is 0 Å². The fourth-order valence-electron chi connectivity index (χ4n) is 2.22. The van der Waals surface area contributed by atoms with Crippen molar-refractivity contribution in [1.29, 1.82) is 0 Å². The highest BCUT2D eigenvalue weighted by Gasteiger charge is 2.17. The number of ether oxygens (including phenoxy) is 1. The van der Waals surface area contributed by atoms with Gasteiger partial charge in [-0.05, 0) is 31.5 Å². The molecule has 0 fully saturated rings. The molecule has 0 atom stereocenters. The second-order valence-corrected chi connectivity index (χ2v) is 5.09. The largest absolute Gasteiger partial charge is 0.459 e. The van der Waals surface area contributed by atoms with Crippen LogP contribution in [-0.2, 0) is 17.9 Å². The molecule has 2 rings (SSSR count). The third-order valence-electron chi connectivity index (χ3n) is 3.17. The summed E-state index contributed by atoms with van der Waals surface area (Å²) in [5.41, 5.74) is 3.01. The molecule has 0 aliphatic rings. The normalized spacial score (nSPS) is 11.4. The van der Waals surface area contributed by atoms with Crippen LogP contribution in [0.15, 0.2) is 16.5 Å². The van der Waals surface area contributed by atoms with E-state index >= 15 is 0 Å². The summed E-state index contributed by atoms with van der Waals surface area (Å²) in [5.74, 6) is 0.918. The number of nitrogens with one attached hydrogen (secondary N) is 1. The van der Waals surface area contributed by atoms with Gasteiger partial charge in [-0.15, -0.1) is 0 Å². The van der Waals surface area contributed by atoms with E-state index in [1.807, 2.05) is 19.1 Å². The molecule has 1 aromatic heterocycles. The zero-order chi connectivity index (χ0) is 13.8. The maximum absolute atomic E-state index is 6.31. The van der Waals surface area contributed by atoms with Crippen LogP contribution in [-0.4, -0.2) is 13.7 Å². The van der Waals surface area contributed by atoms with E-state index in [9.17, 15) is 0 Å². The molecule has 0 spiro atoms. The van der Waals surface area contributed by atoms with Crippen LogP contribution in [0.4, 0.5) is 0 Å². The molecule has 0 radical (unpaired) electrons. The molecule has 0 amide bonds. The van der Waals surface area contributed by atoms with Crippen LogP contribution < -0.4 is 5.32 Å². The summed E-state index contributed by atoms with van der Waals surface area (Å²) in [6.45, 7) is 6.36. The summed E-state index contributed by atoms with van der Waals surface area (Å²) in [6.07, 6.45) is 1.10. The summed E-state index contributed by atoms with van der Waals surface area (Å²) in [6, 6.07) is 3.89. The van der Waals surface area contributed by atoms with Crippen molar-refractivity contribution in [2.24, 2.45) is 0 Å². The van der Waals surface area contributed by atoms with Gasteiger partial charge in [0, 0.05) is 18.1 Å². The predicted molar refractivity (Wildman–Crippen MR) is 78.7 cm³/mol. The highest BCUT2D eigenvalue weighted by atomic mass is 35.5. The van der Waals surface area contributed by atoms with Gasteiger partial charge in [0.05, 0.1) is 18.2 Å². The first kappa shape index (κ1) is 14.4. The van der Waals surface area contributed by atoms with Crippen molar-refractivity contribution < 1.29 is 9.15 Å². The molecule has 104 valence electrons. The van der Waals surface area contributed by atoms with Crippen LogP contribution in [0, 0.1) is 6.92 Å². The standard InChI is InChI=1S/C15H20ClNO2/c1-4-7-17-8-13-11(9-18-3)14-12(16)6-5-10(2)15(14)19-13/h5-6,17H,4,7-9H2,1-3H3. The van der Waals surface area contributed by atoms with E-state index in [-0.39, 0.29) is 0 Å². The van der Waals surface area contributed by atoms with Gasteiger partial charge in [0.25, 0.3) is 0 Å². The van der Waals surface area contributed by atoms with E-state index in [2.05, 4.69) is 12.2 Å². The van der Waals surface area contributed by atoms with E-state index in [4.69, 9.17) is 20.8 Å². The van der Waals surface area contributed by atoms with Gasteiger partial charge in [-0.1, -0.05) is 24.6 Å². The summed E-state index contributed by atoms with van der Waals surface area (Å²) >= 11 is 6.31. The Labute approximate surface area is 118 Å². The lowest BCUT2D eigenvalue weighted by atomic mass is 10.1. The van der Waals surface area contributed by atoms with Gasteiger partial charge in [-0.2, -0.15) is 0 Å². The molecule has 1 heterocycles. The Morgan fingerprint density at radius 2 is 2.16 bits per heavy atom. The van der Waals surface area contributed by atoms with E-state index in [0.29, 0.717) is 13.2 Å². The number of hydrogen-bond acceptors (Lipinski definition) is 3. The van der Waals surface area contributed by atoms with Crippen LogP contribution in [0.3, 0.4) is 0 Å². The molecular formula is C15H20ClNO2. The molecule has 0 bridgehead atoms. The van der Waals surface area contributed by atoms with Gasteiger partial charge in [0.15, 0.2) is 0 Å². The molecule has 1 aromatic carbocycles. The predicted octanol–water partition coefficient (Wildman–Crippen LogP) is 4.04. The second-order valence-electron chi connectivity index (χ2n) is 4.68. The number of benzene rings is 1. The van der Waals surface area contributed by atoms with Crippen LogP contribution >= 0.6 is 11.6 Å². The second kappa shape index (κ2) is 6.42. The minimum atomic E-state index is 0.513. The SMILES string of the molecule is CCCNCc1oc2c(C)ccc(Cl)c2c1COC. The fraction of sp³-hybridized carbons (Fsp3) is 0.467. The number of fused-ring (bicyclic) bond motifs is 1. The zero-order valence-corrected chi connectivity index (χ0v) is 12.4. The lowest BCUT2D eigenvalue weighted by Crippen LogP contribution is -2.14. The van der Waals surface area contributed by atoms with Crippen LogP contribution in [0.2, 0.25) is 5.02 Å². The first-order valence-corrected chi connectivity index (χ1v) is 6.95. The minimum absolute atomic E-state index is 0.513. The molecule has 0 unspecified atom stereocenters. The number of halogens is 1. The summed E-state index contributed by atoms with van der Waals surface area (Å²) in [5, 5.41) is 5.06. The summed E-state index contributed by atoms with van der Waals surface area (Å²) in [4.78, 5) is 0. The fourth-order valence-corrected chi connectivity index (χ4v) is 2.48. The Balaban J connectivity index is 2.47. The molecule has 0 aliphatic heterocycles. The minimum Gasteiger partial charge on any atom is -0.459 e. The third-order valence-corrected chi connectivity index (χ3v) is 3.48. The van der Waals surface area contributed by atoms with Crippen molar-refractivity contribution in [1.82, 2.24) is 5.32 Å². The number of rotatable bonds is 6. The summed E-state index contributed by atoms with van der Waals surface area (Å²) in [7, 11) is 1.69. The maximum atomic E-state index is 6.31. The molecule has 3 nitrogen and oxygen atoms in total. The first-order chi connectivity index (χ1) is 9.19. The molecular weight excluding hydrogens is 262 g/mol. The molecule has 2 aromatic rings. The molecule has 0 saturated heterocycles. The van der Waals surface area contributed by atoms with Crippen LogP contribution in [0.5, 0.6) is 0 Å². The average molecular weight is 282 g/mol. The van der Waals surface area contributed by atoms with Crippen molar-refractivity contribution >= 4 is 22.6 Å². The van der Waals surface area contributed by atoms with E-state index in [1.54, 1.807) is 7.11 Å². The Morgan fingerprint density at radius 3 is 2.84 bits per heavy atom. The van der Waals surface area contributed by atoms with Crippen LogP contribution in [0.25, 0.3) is 11.0 Å². The number of methoxy groups -OCH3 is 1. The lowest BCUT2D eigenvalue weighted by Gasteiger charge is -2.04. The average Bonchev–Trinajstić information content (AvgIpc) is 2.75. The van der Waals surface area contributed by atoms with Crippen LogP contribution in [0.1, 0.15) is 30.2 Å². The maximum Gasteiger partial charge on any atom is 0.139 e. The van der Waals surface area contributed by atoms with Gasteiger partial charge < -0.3 is 14.5 Å². The lowest BCUT2D eigenvalue weighted by molar-refractivity contribution is 0.183. The highest BCUT2D eigenvalue weighted by molar-refractivity contribution is 6.35. The topological polar surface area (TPSA) is 34.4 Å². The van der Waals surface area contributed by atoms with Gasteiger partial charge in [-0.3, -0.25) is 0 Å². The van der Waals surface area contributed by atoms with Gasteiger partial charge in [0.1, 0.15) is 11.3 Å². The van der Waals surface area contributed by atoms with E-state index < -0.39 is 0 Å². The number of hydrogen-bond donors (Lipinski definition) is 1. The molecule has 4 heteroatoms. The Morgan fingerprint density at radius 1 is 1.37 bits per heavy atom. The van der Waals surface area contributed by atoms with Gasteiger partial charge >= 0.3 is 0 Å². The Hall–Kier alpha value is -1.03. The van der Waals surface area contributed by atoms with E-state index in [0.717, 1.165) is 45.8 Å². The molecule has 1 N–H and O–H groups in total. The number of aryl methyl sites for hydroxylation is 1. The van der Waals surface area contributed by atoms with Crippen molar-refractivity contribution in [3.63, 3.8) is 0 Å². The zero-order valence-electron chi connectivity index (χ0n) is 11.7. The van der Waals surface area contributed by atoms with Crippen molar-refractivity contribution in [3.05, 3.63) is 34.0 Å². The quantitative estimate of drug-likeness (QED) is 0.812. The van der Waals surface area contributed by atoms with Gasteiger partial charge in [-0.25, -0.2) is 0 Å². The molecule has 0 aliphatic carbocycles. The Kier molecular flexibility index (Phi) is 4.86. The summed E-state index contributed by atoms with van der Waals surface area (Å²) < 4.78 is 11.3. The van der Waals surface area contributed by atoms with Crippen molar-refractivity contribution in [2.75, 3.05) is 13.7 Å².